The highest BCUT2D eigenvalue weighted by Crippen LogP contribution is 2.30. The summed E-state index contributed by atoms with van der Waals surface area (Å²) in [4.78, 5) is 11.8. The molecule has 1 fully saturated rings. The zero-order chi connectivity index (χ0) is 12.6. The first-order chi connectivity index (χ1) is 8.02. The van der Waals surface area contributed by atoms with E-state index >= 15 is 0 Å². The maximum Gasteiger partial charge on any atom is 0.198 e. The van der Waals surface area contributed by atoms with Crippen molar-refractivity contribution in [3.63, 3.8) is 0 Å². The number of hydrogen-bond acceptors (Lipinski definition) is 1. The molecule has 0 atom stereocenters. The van der Waals surface area contributed by atoms with Crippen molar-refractivity contribution >= 4 is 5.78 Å². The quantitative estimate of drug-likeness (QED) is 0.337. The van der Waals surface area contributed by atoms with Gasteiger partial charge in [-0.25, -0.2) is 17.6 Å². The van der Waals surface area contributed by atoms with Crippen LogP contribution in [0.15, 0.2) is 6.07 Å². The van der Waals surface area contributed by atoms with Crippen molar-refractivity contribution in [3.8, 4) is 0 Å². The molecule has 1 nitrogen and oxygen atoms in total. The molecule has 0 N–H and O–H groups in total. The Kier molecular flexibility index (Phi) is 3.17. The van der Waals surface area contributed by atoms with E-state index < -0.39 is 40.5 Å². The molecular weight excluding hydrogens is 236 g/mol. The van der Waals surface area contributed by atoms with E-state index in [1.807, 2.05) is 0 Å². The Labute approximate surface area is 95.4 Å². The molecule has 1 saturated carbocycles. The third-order valence-corrected chi connectivity index (χ3v) is 3.09. The summed E-state index contributed by atoms with van der Waals surface area (Å²) in [7, 11) is 0. The minimum absolute atomic E-state index is 0.409. The van der Waals surface area contributed by atoms with Gasteiger partial charge in [0, 0.05) is 5.92 Å². The average molecular weight is 246 g/mol. The first-order valence-electron chi connectivity index (χ1n) is 5.39. The van der Waals surface area contributed by atoms with Crippen molar-refractivity contribution in [2.24, 2.45) is 5.92 Å². The van der Waals surface area contributed by atoms with Crippen molar-refractivity contribution in [2.45, 2.75) is 25.7 Å². The molecule has 2 rings (SSSR count). The van der Waals surface area contributed by atoms with E-state index in [0.717, 1.165) is 12.8 Å². The van der Waals surface area contributed by atoms with Crippen LogP contribution < -0.4 is 0 Å². The summed E-state index contributed by atoms with van der Waals surface area (Å²) in [5, 5.41) is 0. The highest BCUT2D eigenvalue weighted by atomic mass is 19.2. The summed E-state index contributed by atoms with van der Waals surface area (Å²) >= 11 is 0. The van der Waals surface area contributed by atoms with Crippen LogP contribution in [0.25, 0.3) is 0 Å². The van der Waals surface area contributed by atoms with Crippen LogP contribution in [0.4, 0.5) is 17.6 Å². The van der Waals surface area contributed by atoms with Crippen LogP contribution in [0.2, 0.25) is 0 Å². The van der Waals surface area contributed by atoms with Gasteiger partial charge in [0.2, 0.25) is 0 Å². The number of carbonyl (C=O) groups excluding carboxylic acids is 1. The van der Waals surface area contributed by atoms with Gasteiger partial charge < -0.3 is 0 Å². The number of halogens is 4. The van der Waals surface area contributed by atoms with Crippen LogP contribution in [-0.4, -0.2) is 5.78 Å². The van der Waals surface area contributed by atoms with Gasteiger partial charge in [0.15, 0.2) is 29.1 Å². The highest BCUT2D eigenvalue weighted by Gasteiger charge is 2.29. The van der Waals surface area contributed by atoms with Crippen molar-refractivity contribution in [2.75, 3.05) is 0 Å². The van der Waals surface area contributed by atoms with Gasteiger partial charge in [-0.05, 0) is 18.9 Å². The van der Waals surface area contributed by atoms with Crippen LogP contribution in [-0.2, 0) is 0 Å². The Morgan fingerprint density at radius 2 is 1.59 bits per heavy atom. The van der Waals surface area contributed by atoms with Gasteiger partial charge in [-0.2, -0.15) is 0 Å². The summed E-state index contributed by atoms with van der Waals surface area (Å²) < 4.78 is 51.9. The highest BCUT2D eigenvalue weighted by molar-refractivity contribution is 5.98. The molecule has 1 aromatic rings. The number of hydrogen-bond donors (Lipinski definition) is 0. The SMILES string of the molecule is O=C(c1cc(F)c(F)c(F)c1F)C1CCCC1. The zero-order valence-corrected chi connectivity index (χ0v) is 8.90. The predicted molar refractivity (Wildman–Crippen MR) is 52.6 cm³/mol. The van der Waals surface area contributed by atoms with Crippen LogP contribution in [0.5, 0.6) is 0 Å². The molecule has 0 bridgehead atoms. The number of benzene rings is 1. The molecule has 0 heterocycles. The molecule has 92 valence electrons. The summed E-state index contributed by atoms with van der Waals surface area (Å²) in [5.41, 5.74) is -0.687. The van der Waals surface area contributed by atoms with Crippen LogP contribution >= 0.6 is 0 Å². The normalized spacial score (nSPS) is 16.5. The molecular formula is C12H10F4O. The third kappa shape index (κ3) is 2.06. The second-order valence-corrected chi connectivity index (χ2v) is 4.19. The molecule has 1 aromatic carbocycles. The first-order valence-corrected chi connectivity index (χ1v) is 5.39. The third-order valence-electron chi connectivity index (χ3n) is 3.09. The minimum Gasteiger partial charge on any atom is -0.294 e. The lowest BCUT2D eigenvalue weighted by Gasteiger charge is -2.09. The molecule has 0 unspecified atom stereocenters. The van der Waals surface area contributed by atoms with Crippen LogP contribution in [0.3, 0.4) is 0 Å². The molecule has 0 radical (unpaired) electrons. The lowest BCUT2D eigenvalue weighted by molar-refractivity contribution is 0.0916. The molecule has 0 aliphatic heterocycles. The molecule has 5 heteroatoms. The fourth-order valence-corrected chi connectivity index (χ4v) is 2.16. The summed E-state index contributed by atoms with van der Waals surface area (Å²) in [5.74, 6) is -7.99. The van der Waals surface area contributed by atoms with E-state index in [1.165, 1.54) is 0 Å². The van der Waals surface area contributed by atoms with Crippen molar-refractivity contribution < 1.29 is 22.4 Å². The van der Waals surface area contributed by atoms with Crippen LogP contribution in [0, 0.1) is 29.2 Å². The van der Waals surface area contributed by atoms with Gasteiger partial charge in [-0.1, -0.05) is 12.8 Å². The molecule has 0 saturated heterocycles. The summed E-state index contributed by atoms with van der Waals surface area (Å²) in [6.07, 6.45) is 2.84. The van der Waals surface area contributed by atoms with E-state index in [2.05, 4.69) is 0 Å². The second-order valence-electron chi connectivity index (χ2n) is 4.19. The van der Waals surface area contributed by atoms with Gasteiger partial charge in [0.25, 0.3) is 0 Å². The van der Waals surface area contributed by atoms with E-state index in [1.54, 1.807) is 0 Å². The maximum absolute atomic E-state index is 13.3. The topological polar surface area (TPSA) is 17.1 Å². The smallest absolute Gasteiger partial charge is 0.198 e. The number of ketones is 1. The van der Waals surface area contributed by atoms with Gasteiger partial charge >= 0.3 is 0 Å². The van der Waals surface area contributed by atoms with E-state index in [0.29, 0.717) is 18.9 Å². The second kappa shape index (κ2) is 4.47. The lowest BCUT2D eigenvalue weighted by atomic mass is 9.95. The maximum atomic E-state index is 13.3. The van der Waals surface area contributed by atoms with Gasteiger partial charge in [-0.3, -0.25) is 4.79 Å². The monoisotopic (exact) mass is 246 g/mol. The average Bonchev–Trinajstić information content (AvgIpc) is 2.84. The van der Waals surface area contributed by atoms with E-state index in [-0.39, 0.29) is 0 Å². The van der Waals surface area contributed by atoms with Crippen molar-refractivity contribution in [1.29, 1.82) is 0 Å². The number of Topliss-reactive ketones (excluding diaryl/α,β-unsaturated/α-hetero) is 1. The molecule has 1 aliphatic rings. The van der Waals surface area contributed by atoms with Gasteiger partial charge in [0.05, 0.1) is 5.56 Å². The van der Waals surface area contributed by atoms with Crippen molar-refractivity contribution in [1.82, 2.24) is 0 Å². The zero-order valence-electron chi connectivity index (χ0n) is 8.90. The standard InChI is InChI=1S/C12H10F4O/c13-8-5-7(9(14)11(16)10(8)15)12(17)6-3-1-2-4-6/h5-6H,1-4H2. The molecule has 17 heavy (non-hydrogen) atoms. The lowest BCUT2D eigenvalue weighted by Crippen LogP contribution is -2.15. The Morgan fingerprint density at radius 3 is 2.18 bits per heavy atom. The molecule has 0 spiro atoms. The Hall–Kier alpha value is -1.39. The number of carbonyl (C=O) groups is 1. The largest absolute Gasteiger partial charge is 0.294 e. The van der Waals surface area contributed by atoms with Crippen molar-refractivity contribution in [3.05, 3.63) is 34.9 Å². The van der Waals surface area contributed by atoms with E-state index in [9.17, 15) is 22.4 Å². The first kappa shape index (κ1) is 12.1. The predicted octanol–water partition coefficient (Wildman–Crippen LogP) is 3.62. The molecule has 1 aliphatic carbocycles. The summed E-state index contributed by atoms with van der Waals surface area (Å²) in [6.45, 7) is 0. The Balaban J connectivity index is 2.41. The van der Waals surface area contributed by atoms with Gasteiger partial charge in [0.1, 0.15) is 0 Å². The Morgan fingerprint density at radius 1 is 1.00 bits per heavy atom. The fourth-order valence-electron chi connectivity index (χ4n) is 2.16. The molecule has 0 aromatic heterocycles. The molecule has 0 amide bonds. The van der Waals surface area contributed by atoms with Crippen LogP contribution in [0.1, 0.15) is 36.0 Å². The summed E-state index contributed by atoms with van der Waals surface area (Å²) in [6, 6.07) is 0.439. The van der Waals surface area contributed by atoms with E-state index in [4.69, 9.17) is 0 Å². The van der Waals surface area contributed by atoms with Gasteiger partial charge in [-0.15, -0.1) is 0 Å². The minimum atomic E-state index is -1.92. The number of rotatable bonds is 2. The fraction of sp³-hybridized carbons (Fsp3) is 0.417. The Bertz CT molecular complexity index is 464.